The number of hydrogen-bond acceptors (Lipinski definition) is 2. The molecule has 0 heterocycles. The van der Waals surface area contributed by atoms with Crippen molar-refractivity contribution in [2.75, 3.05) is 0 Å². The molecule has 0 saturated carbocycles. The molecule has 0 amide bonds. The van der Waals surface area contributed by atoms with Crippen molar-refractivity contribution in [3.63, 3.8) is 0 Å². The Balaban J connectivity index is 2.00. The van der Waals surface area contributed by atoms with E-state index >= 15 is 0 Å². The molecular formula is C27H18F6O2. The molecule has 8 heteroatoms. The fourth-order valence-corrected chi connectivity index (χ4v) is 3.88. The van der Waals surface area contributed by atoms with Gasteiger partial charge in [-0.2, -0.15) is 26.3 Å². The average Bonchev–Trinajstić information content (AvgIpc) is 2.81. The number of benzene rings is 4. The normalized spacial score (nSPS) is 12.3. The van der Waals surface area contributed by atoms with E-state index in [1.807, 2.05) is 0 Å². The summed E-state index contributed by atoms with van der Waals surface area (Å²) < 4.78 is 100. The van der Waals surface area contributed by atoms with Gasteiger partial charge in [0, 0.05) is 11.1 Å². The molecule has 0 N–H and O–H groups in total. The molecule has 4 aromatic rings. The molecule has 0 bridgehead atoms. The van der Waals surface area contributed by atoms with E-state index in [2.05, 4.69) is 0 Å². The Bertz CT molecular complexity index is 1170. The molecule has 0 aromatic heterocycles. The third kappa shape index (κ3) is 4.56. The van der Waals surface area contributed by atoms with Gasteiger partial charge in [0.25, 0.3) is 0 Å². The highest BCUT2D eigenvalue weighted by molar-refractivity contribution is 5.56. The maximum Gasteiger partial charge on any atom is 0.411 e. The zero-order valence-corrected chi connectivity index (χ0v) is 18.0. The summed E-state index contributed by atoms with van der Waals surface area (Å²) in [4.78, 5) is 0. The van der Waals surface area contributed by atoms with Gasteiger partial charge in [-0.15, -0.1) is 0 Å². The van der Waals surface area contributed by atoms with Crippen LogP contribution in [0.2, 0.25) is 0 Å². The first-order chi connectivity index (χ1) is 16.6. The lowest BCUT2D eigenvalue weighted by Crippen LogP contribution is -2.55. The van der Waals surface area contributed by atoms with Gasteiger partial charge in [-0.1, -0.05) is 72.8 Å². The highest BCUT2D eigenvalue weighted by Crippen LogP contribution is 2.60. The van der Waals surface area contributed by atoms with Crippen molar-refractivity contribution < 1.29 is 35.8 Å². The second kappa shape index (κ2) is 9.37. The Morgan fingerprint density at radius 1 is 0.400 bits per heavy atom. The van der Waals surface area contributed by atoms with Gasteiger partial charge < -0.3 is 9.47 Å². The molecule has 35 heavy (non-hydrogen) atoms. The van der Waals surface area contributed by atoms with Crippen LogP contribution in [0.1, 0.15) is 11.1 Å². The summed E-state index contributed by atoms with van der Waals surface area (Å²) in [5.74, 6) is -0.982. The first-order valence-corrected chi connectivity index (χ1v) is 10.4. The summed E-state index contributed by atoms with van der Waals surface area (Å²) >= 11 is 0. The molecular weight excluding hydrogens is 470 g/mol. The number of halogens is 6. The number of alkyl halides is 6. The van der Waals surface area contributed by atoms with Crippen molar-refractivity contribution in [2.45, 2.75) is 17.8 Å². The Morgan fingerprint density at radius 2 is 0.714 bits per heavy atom. The standard InChI is InChI=1S/C27H18F6O2/c28-26(29,30)25(27(31,32)33,21-15-7-9-17-23(21)34-19-11-3-1-4-12-19)22-16-8-10-18-24(22)35-20-13-5-2-6-14-20/h1-18H. The molecule has 0 unspecified atom stereocenters. The van der Waals surface area contributed by atoms with Gasteiger partial charge >= 0.3 is 12.4 Å². The Labute approximate surface area is 197 Å². The highest BCUT2D eigenvalue weighted by Gasteiger charge is 2.74. The van der Waals surface area contributed by atoms with Gasteiger partial charge in [-0.3, -0.25) is 0 Å². The van der Waals surface area contributed by atoms with Crippen LogP contribution in [0.25, 0.3) is 0 Å². The molecule has 0 aliphatic rings. The van der Waals surface area contributed by atoms with Crippen LogP contribution in [0.5, 0.6) is 23.0 Å². The first kappa shape index (κ1) is 24.2. The molecule has 0 spiro atoms. The minimum atomic E-state index is -5.81. The second-order valence-electron chi connectivity index (χ2n) is 7.57. The number of rotatable bonds is 6. The molecule has 0 aliphatic heterocycles. The van der Waals surface area contributed by atoms with Crippen molar-refractivity contribution >= 4 is 0 Å². The van der Waals surface area contributed by atoms with E-state index in [0.717, 1.165) is 36.4 Å². The highest BCUT2D eigenvalue weighted by atomic mass is 19.4. The lowest BCUT2D eigenvalue weighted by Gasteiger charge is -2.39. The van der Waals surface area contributed by atoms with Crippen molar-refractivity contribution in [3.05, 3.63) is 120 Å². The van der Waals surface area contributed by atoms with Crippen LogP contribution in [0.3, 0.4) is 0 Å². The molecule has 4 rings (SSSR count). The van der Waals surface area contributed by atoms with Crippen LogP contribution >= 0.6 is 0 Å². The first-order valence-electron chi connectivity index (χ1n) is 10.4. The molecule has 180 valence electrons. The zero-order valence-electron chi connectivity index (χ0n) is 18.0. The molecule has 0 saturated heterocycles. The summed E-state index contributed by atoms with van der Waals surface area (Å²) in [5.41, 5.74) is -6.66. The summed E-state index contributed by atoms with van der Waals surface area (Å²) in [6, 6.07) is 23.8. The largest absolute Gasteiger partial charge is 0.457 e. The molecule has 2 nitrogen and oxygen atoms in total. The topological polar surface area (TPSA) is 18.5 Å². The van der Waals surface area contributed by atoms with E-state index in [0.29, 0.717) is 0 Å². The summed E-state index contributed by atoms with van der Waals surface area (Å²) in [6.07, 6.45) is -11.6. The van der Waals surface area contributed by atoms with E-state index in [4.69, 9.17) is 9.47 Å². The van der Waals surface area contributed by atoms with Crippen molar-refractivity contribution in [3.8, 4) is 23.0 Å². The van der Waals surface area contributed by atoms with Crippen molar-refractivity contribution in [1.82, 2.24) is 0 Å². The van der Waals surface area contributed by atoms with Gasteiger partial charge in [0.2, 0.25) is 5.41 Å². The predicted octanol–water partition coefficient (Wildman–Crippen LogP) is 8.68. The van der Waals surface area contributed by atoms with E-state index in [1.165, 1.54) is 36.4 Å². The van der Waals surface area contributed by atoms with Gasteiger partial charge in [-0.05, 0) is 36.4 Å². The zero-order chi connectivity index (χ0) is 25.1. The fraction of sp³-hybridized carbons (Fsp3) is 0.111. The lowest BCUT2D eigenvalue weighted by atomic mass is 9.72. The Morgan fingerprint density at radius 3 is 1.06 bits per heavy atom. The third-order valence-corrected chi connectivity index (χ3v) is 5.37. The minimum absolute atomic E-state index is 0.0898. The third-order valence-electron chi connectivity index (χ3n) is 5.37. The van der Waals surface area contributed by atoms with E-state index in [1.54, 1.807) is 36.4 Å². The van der Waals surface area contributed by atoms with Crippen LogP contribution in [-0.2, 0) is 5.41 Å². The Hall–Kier alpha value is -3.94. The van der Waals surface area contributed by atoms with Crippen LogP contribution < -0.4 is 9.47 Å². The van der Waals surface area contributed by atoms with Crippen LogP contribution in [0.4, 0.5) is 26.3 Å². The predicted molar refractivity (Wildman–Crippen MR) is 119 cm³/mol. The van der Waals surface area contributed by atoms with Gasteiger partial charge in [0.1, 0.15) is 23.0 Å². The fourth-order valence-electron chi connectivity index (χ4n) is 3.88. The van der Waals surface area contributed by atoms with E-state index < -0.39 is 40.4 Å². The number of hydrogen-bond donors (Lipinski definition) is 0. The van der Waals surface area contributed by atoms with Crippen LogP contribution in [0, 0.1) is 0 Å². The summed E-state index contributed by atoms with van der Waals surface area (Å²) in [6.45, 7) is 0. The van der Waals surface area contributed by atoms with Gasteiger partial charge in [0.15, 0.2) is 0 Å². The van der Waals surface area contributed by atoms with Crippen LogP contribution in [0.15, 0.2) is 109 Å². The van der Waals surface area contributed by atoms with E-state index in [9.17, 15) is 26.3 Å². The van der Waals surface area contributed by atoms with Crippen LogP contribution in [-0.4, -0.2) is 12.4 Å². The minimum Gasteiger partial charge on any atom is -0.457 e. The lowest BCUT2D eigenvalue weighted by molar-refractivity contribution is -0.289. The summed E-state index contributed by atoms with van der Waals surface area (Å²) in [7, 11) is 0. The van der Waals surface area contributed by atoms with Gasteiger partial charge in [-0.25, -0.2) is 0 Å². The monoisotopic (exact) mass is 488 g/mol. The Kier molecular flexibility index (Phi) is 6.47. The quantitative estimate of drug-likeness (QED) is 0.253. The maximum absolute atomic E-state index is 14.8. The average molecular weight is 488 g/mol. The van der Waals surface area contributed by atoms with E-state index in [-0.39, 0.29) is 11.5 Å². The summed E-state index contributed by atoms with van der Waals surface area (Å²) in [5, 5.41) is 0. The second-order valence-corrected chi connectivity index (χ2v) is 7.57. The molecule has 0 aliphatic carbocycles. The molecule has 4 aromatic carbocycles. The van der Waals surface area contributed by atoms with Gasteiger partial charge in [0.05, 0.1) is 0 Å². The number of ether oxygens (including phenoxy) is 2. The SMILES string of the molecule is FC(F)(F)C(c1ccccc1Oc1ccccc1)(c1ccccc1Oc1ccccc1)C(F)(F)F. The number of para-hydroxylation sites is 4. The van der Waals surface area contributed by atoms with Crippen molar-refractivity contribution in [1.29, 1.82) is 0 Å². The molecule has 0 atom stereocenters. The molecule has 0 radical (unpaired) electrons. The van der Waals surface area contributed by atoms with Crippen molar-refractivity contribution in [2.24, 2.45) is 0 Å². The smallest absolute Gasteiger partial charge is 0.411 e. The maximum atomic E-state index is 14.8. The molecule has 0 fully saturated rings.